The molecule has 28 heavy (non-hydrogen) atoms. The number of rotatable bonds is 7. The molecule has 0 saturated carbocycles. The fourth-order valence-corrected chi connectivity index (χ4v) is 3.24. The highest BCUT2D eigenvalue weighted by Gasteiger charge is 2.16. The van der Waals surface area contributed by atoms with Crippen LogP contribution >= 0.6 is 0 Å². The Bertz CT molecular complexity index is 1050. The van der Waals surface area contributed by atoms with Crippen molar-refractivity contribution in [1.29, 1.82) is 0 Å². The smallest absolute Gasteiger partial charge is 0.331 e. The molecular weight excluding hydrogens is 352 g/mol. The number of hydrogen-bond acceptors (Lipinski definition) is 4. The average molecular weight is 376 g/mol. The number of carbonyl (C=O) groups excluding carboxylic acids is 2. The van der Waals surface area contributed by atoms with E-state index in [2.05, 4.69) is 16.5 Å². The standard InChI is InChI=1S/C23H24N2O3/c1-4-13-25-16(2)14-20(17(25)3)22(26)15-28-23(27)12-11-19-10-9-18-7-5-6-8-21(18)24-19/h5-12,14H,4,13,15H2,1-3H3. The Kier molecular flexibility index (Phi) is 6.04. The Morgan fingerprint density at radius 1 is 1.14 bits per heavy atom. The first-order valence-electron chi connectivity index (χ1n) is 9.40. The number of hydrogen-bond donors (Lipinski definition) is 0. The zero-order valence-corrected chi connectivity index (χ0v) is 16.4. The molecule has 0 fully saturated rings. The van der Waals surface area contributed by atoms with E-state index in [4.69, 9.17) is 4.74 Å². The number of para-hydroxylation sites is 1. The summed E-state index contributed by atoms with van der Waals surface area (Å²) in [6.07, 6.45) is 3.88. The van der Waals surface area contributed by atoms with Crippen LogP contribution in [-0.2, 0) is 16.1 Å². The topological polar surface area (TPSA) is 61.2 Å². The molecule has 144 valence electrons. The molecule has 3 aromatic rings. The Morgan fingerprint density at radius 2 is 1.93 bits per heavy atom. The van der Waals surface area contributed by atoms with Crippen LogP contribution < -0.4 is 0 Å². The summed E-state index contributed by atoms with van der Waals surface area (Å²) in [5.41, 5.74) is 4.08. The first-order valence-corrected chi connectivity index (χ1v) is 9.40. The lowest BCUT2D eigenvalue weighted by Gasteiger charge is -2.07. The summed E-state index contributed by atoms with van der Waals surface area (Å²) in [4.78, 5) is 28.9. The number of nitrogens with zero attached hydrogens (tertiary/aromatic N) is 2. The van der Waals surface area contributed by atoms with Gasteiger partial charge in [-0.3, -0.25) is 4.79 Å². The van der Waals surface area contributed by atoms with Crippen molar-refractivity contribution in [3.63, 3.8) is 0 Å². The lowest BCUT2D eigenvalue weighted by molar-refractivity contribution is -0.136. The number of pyridine rings is 1. The molecule has 0 saturated heterocycles. The second kappa shape index (κ2) is 8.65. The Morgan fingerprint density at radius 3 is 2.71 bits per heavy atom. The van der Waals surface area contributed by atoms with E-state index in [-0.39, 0.29) is 12.4 Å². The summed E-state index contributed by atoms with van der Waals surface area (Å²) in [6, 6.07) is 13.4. The van der Waals surface area contributed by atoms with Gasteiger partial charge in [0.2, 0.25) is 5.78 Å². The molecule has 0 radical (unpaired) electrons. The number of ether oxygens (including phenoxy) is 1. The number of fused-ring (bicyclic) bond motifs is 1. The van der Waals surface area contributed by atoms with Gasteiger partial charge in [0.1, 0.15) is 0 Å². The molecule has 0 amide bonds. The fraction of sp³-hybridized carbons (Fsp3) is 0.261. The Hall–Kier alpha value is -3.21. The minimum Gasteiger partial charge on any atom is -0.454 e. The first-order chi connectivity index (χ1) is 13.5. The molecule has 0 atom stereocenters. The monoisotopic (exact) mass is 376 g/mol. The minimum atomic E-state index is -0.564. The Labute approximate surface area is 164 Å². The zero-order valence-electron chi connectivity index (χ0n) is 16.4. The lowest BCUT2D eigenvalue weighted by Crippen LogP contribution is -2.13. The van der Waals surface area contributed by atoms with Crippen molar-refractivity contribution in [3.05, 3.63) is 71.2 Å². The van der Waals surface area contributed by atoms with Crippen molar-refractivity contribution < 1.29 is 14.3 Å². The predicted octanol–water partition coefficient (Wildman–Crippen LogP) is 4.50. The summed E-state index contributed by atoms with van der Waals surface area (Å²) in [7, 11) is 0. The summed E-state index contributed by atoms with van der Waals surface area (Å²) in [5, 5.41) is 1.04. The molecule has 5 heteroatoms. The van der Waals surface area contributed by atoms with Crippen LogP contribution in [0.2, 0.25) is 0 Å². The fourth-order valence-electron chi connectivity index (χ4n) is 3.24. The number of aryl methyl sites for hydroxylation is 1. The Balaban J connectivity index is 1.61. The summed E-state index contributed by atoms with van der Waals surface area (Å²) >= 11 is 0. The van der Waals surface area contributed by atoms with Crippen LogP contribution in [0.3, 0.4) is 0 Å². The summed E-state index contributed by atoms with van der Waals surface area (Å²) in [5.74, 6) is -0.758. The van der Waals surface area contributed by atoms with E-state index in [1.54, 1.807) is 6.08 Å². The third-order valence-corrected chi connectivity index (χ3v) is 4.68. The van der Waals surface area contributed by atoms with Crippen molar-refractivity contribution in [2.45, 2.75) is 33.7 Å². The van der Waals surface area contributed by atoms with Gasteiger partial charge in [-0.1, -0.05) is 31.2 Å². The van der Waals surface area contributed by atoms with Crippen LogP contribution in [0.5, 0.6) is 0 Å². The van der Waals surface area contributed by atoms with Gasteiger partial charge in [0.15, 0.2) is 6.61 Å². The molecule has 0 bridgehead atoms. The van der Waals surface area contributed by atoms with Gasteiger partial charge in [0.05, 0.1) is 11.2 Å². The molecule has 0 spiro atoms. The molecule has 0 N–H and O–H groups in total. The van der Waals surface area contributed by atoms with Crippen LogP contribution in [-0.4, -0.2) is 27.9 Å². The number of ketones is 1. The van der Waals surface area contributed by atoms with E-state index in [0.717, 1.165) is 35.3 Å². The molecule has 2 aromatic heterocycles. The second-order valence-electron chi connectivity index (χ2n) is 6.73. The van der Waals surface area contributed by atoms with Gasteiger partial charge in [-0.15, -0.1) is 0 Å². The highest BCUT2D eigenvalue weighted by Crippen LogP contribution is 2.17. The van der Waals surface area contributed by atoms with Crippen LogP contribution in [0.4, 0.5) is 0 Å². The largest absolute Gasteiger partial charge is 0.454 e. The molecule has 1 aromatic carbocycles. The number of carbonyl (C=O) groups is 2. The maximum absolute atomic E-state index is 12.4. The minimum absolute atomic E-state index is 0.193. The molecule has 3 rings (SSSR count). The van der Waals surface area contributed by atoms with Crippen molar-refractivity contribution in [2.24, 2.45) is 0 Å². The maximum atomic E-state index is 12.4. The van der Waals surface area contributed by atoms with Gasteiger partial charge in [0, 0.05) is 35.0 Å². The molecule has 5 nitrogen and oxygen atoms in total. The molecule has 0 aliphatic heterocycles. The average Bonchev–Trinajstić information content (AvgIpc) is 2.99. The third-order valence-electron chi connectivity index (χ3n) is 4.68. The quantitative estimate of drug-likeness (QED) is 0.346. The van der Waals surface area contributed by atoms with Crippen LogP contribution in [0.15, 0.2) is 48.5 Å². The van der Waals surface area contributed by atoms with E-state index in [1.807, 2.05) is 56.3 Å². The van der Waals surface area contributed by atoms with E-state index < -0.39 is 5.97 Å². The highest BCUT2D eigenvalue weighted by molar-refractivity contribution is 6.00. The predicted molar refractivity (Wildman–Crippen MR) is 110 cm³/mol. The van der Waals surface area contributed by atoms with Crippen molar-refractivity contribution in [2.75, 3.05) is 6.61 Å². The van der Waals surface area contributed by atoms with Crippen molar-refractivity contribution in [1.82, 2.24) is 9.55 Å². The van der Waals surface area contributed by atoms with Gasteiger partial charge in [-0.05, 0) is 44.5 Å². The van der Waals surface area contributed by atoms with Gasteiger partial charge in [-0.2, -0.15) is 0 Å². The van der Waals surface area contributed by atoms with Crippen molar-refractivity contribution in [3.8, 4) is 0 Å². The zero-order chi connectivity index (χ0) is 20.1. The summed E-state index contributed by atoms with van der Waals surface area (Å²) < 4.78 is 7.23. The van der Waals surface area contributed by atoms with Crippen LogP contribution in [0.1, 0.15) is 40.8 Å². The first kappa shape index (κ1) is 19.5. The third kappa shape index (κ3) is 4.36. The number of benzene rings is 1. The van der Waals surface area contributed by atoms with E-state index in [9.17, 15) is 9.59 Å². The highest BCUT2D eigenvalue weighted by atomic mass is 16.5. The van der Waals surface area contributed by atoms with Gasteiger partial charge < -0.3 is 9.30 Å². The SMILES string of the molecule is CCCn1c(C)cc(C(=O)COC(=O)C=Cc2ccc3ccccc3n2)c1C. The number of esters is 1. The summed E-state index contributed by atoms with van der Waals surface area (Å²) in [6.45, 7) is 6.59. The lowest BCUT2D eigenvalue weighted by atomic mass is 10.1. The van der Waals surface area contributed by atoms with E-state index in [1.165, 1.54) is 6.08 Å². The van der Waals surface area contributed by atoms with Crippen LogP contribution in [0, 0.1) is 13.8 Å². The van der Waals surface area contributed by atoms with Crippen LogP contribution in [0.25, 0.3) is 17.0 Å². The molecule has 0 unspecified atom stereocenters. The van der Waals surface area contributed by atoms with Gasteiger partial charge in [-0.25, -0.2) is 9.78 Å². The van der Waals surface area contributed by atoms with Crippen molar-refractivity contribution >= 4 is 28.7 Å². The van der Waals surface area contributed by atoms with Gasteiger partial charge in [0.25, 0.3) is 0 Å². The van der Waals surface area contributed by atoms with E-state index in [0.29, 0.717) is 11.3 Å². The second-order valence-corrected chi connectivity index (χ2v) is 6.73. The molecule has 2 heterocycles. The molecular formula is C23H24N2O3. The van der Waals surface area contributed by atoms with Gasteiger partial charge >= 0.3 is 5.97 Å². The molecule has 0 aliphatic carbocycles. The van der Waals surface area contributed by atoms with E-state index >= 15 is 0 Å². The normalized spacial score (nSPS) is 11.2. The molecule has 0 aliphatic rings. The number of aromatic nitrogens is 2. The maximum Gasteiger partial charge on any atom is 0.331 e. The number of Topliss-reactive ketones (excluding diaryl/α,β-unsaturated/α-hetero) is 1.